The van der Waals surface area contributed by atoms with Crippen LogP contribution in [0.2, 0.25) is 0 Å². The van der Waals surface area contributed by atoms with E-state index < -0.39 is 18.2 Å². The molecular weight excluding hydrogens is 606 g/mol. The second-order valence-electron chi connectivity index (χ2n) is 14.6. The third kappa shape index (κ3) is 36.2. The van der Waals surface area contributed by atoms with Crippen molar-refractivity contribution in [3.63, 3.8) is 0 Å². The van der Waals surface area contributed by atoms with Crippen molar-refractivity contribution in [2.24, 2.45) is 0 Å². The van der Waals surface area contributed by atoms with Gasteiger partial charge in [-0.15, -0.1) is 0 Å². The van der Waals surface area contributed by atoms with Crippen molar-refractivity contribution >= 4 is 5.91 Å². The van der Waals surface area contributed by atoms with E-state index in [9.17, 15) is 20.1 Å². The highest BCUT2D eigenvalue weighted by molar-refractivity contribution is 5.76. The Morgan fingerprint density at radius 1 is 0.510 bits per heavy atom. The molecule has 0 fully saturated rings. The van der Waals surface area contributed by atoms with Gasteiger partial charge >= 0.3 is 0 Å². The first kappa shape index (κ1) is 47.6. The van der Waals surface area contributed by atoms with Crippen LogP contribution in [0.4, 0.5) is 0 Å². The molecular formula is C44H83NO4. The fourth-order valence-electron chi connectivity index (χ4n) is 6.36. The summed E-state index contributed by atoms with van der Waals surface area (Å²) in [5.74, 6) is -0.343. The number of nitrogens with one attached hydrogen (secondary N) is 1. The summed E-state index contributed by atoms with van der Waals surface area (Å²) < 4.78 is 0. The van der Waals surface area contributed by atoms with Gasteiger partial charge in [0.05, 0.1) is 31.3 Å². The Labute approximate surface area is 304 Å². The molecule has 288 valence electrons. The molecule has 3 atom stereocenters. The van der Waals surface area contributed by atoms with Gasteiger partial charge < -0.3 is 20.6 Å². The maximum absolute atomic E-state index is 12.4. The topological polar surface area (TPSA) is 89.8 Å². The van der Waals surface area contributed by atoms with Gasteiger partial charge in [0.2, 0.25) is 5.91 Å². The molecule has 49 heavy (non-hydrogen) atoms. The lowest BCUT2D eigenvalue weighted by Crippen LogP contribution is -2.45. The molecule has 0 bridgehead atoms. The number of aliphatic hydroxyl groups excluding tert-OH is 3. The van der Waals surface area contributed by atoms with Crippen LogP contribution in [0.5, 0.6) is 0 Å². The standard InChI is InChI=1S/C44H83NO4/c1-3-5-7-9-11-13-15-16-17-18-19-20-21-22-23-24-25-26-28-30-32-34-36-38-43(48)42(40-46)45-44(49)39-41(47)37-35-33-31-29-27-14-12-10-8-6-4-2/h28-31,36,38,41-43,46-48H,3-27,32-35,37,39-40H2,1-2H3,(H,45,49)/b30-28+,31-29-,38-36+. The van der Waals surface area contributed by atoms with Crippen LogP contribution in [0, 0.1) is 0 Å². The van der Waals surface area contributed by atoms with Crippen LogP contribution in [-0.2, 0) is 4.79 Å². The predicted octanol–water partition coefficient (Wildman–Crippen LogP) is 12.0. The van der Waals surface area contributed by atoms with E-state index in [0.29, 0.717) is 6.42 Å². The fourth-order valence-corrected chi connectivity index (χ4v) is 6.36. The molecule has 0 saturated heterocycles. The van der Waals surface area contributed by atoms with Gasteiger partial charge in [0, 0.05) is 0 Å². The maximum atomic E-state index is 12.4. The number of rotatable bonds is 38. The number of allylic oxidation sites excluding steroid dienone is 5. The molecule has 0 aromatic heterocycles. The molecule has 0 saturated carbocycles. The van der Waals surface area contributed by atoms with Crippen LogP contribution in [0.15, 0.2) is 36.5 Å². The van der Waals surface area contributed by atoms with Crippen LogP contribution in [0.25, 0.3) is 0 Å². The van der Waals surface area contributed by atoms with E-state index in [2.05, 4.69) is 43.5 Å². The van der Waals surface area contributed by atoms with Crippen molar-refractivity contribution in [3.05, 3.63) is 36.5 Å². The Hall–Kier alpha value is -1.43. The molecule has 0 aliphatic carbocycles. The van der Waals surface area contributed by atoms with Gasteiger partial charge in [-0.25, -0.2) is 0 Å². The fraction of sp³-hybridized carbons (Fsp3) is 0.841. The molecule has 0 aliphatic heterocycles. The summed E-state index contributed by atoms with van der Waals surface area (Å²) in [4.78, 5) is 12.4. The number of aliphatic hydroxyl groups is 3. The molecule has 0 aromatic carbocycles. The summed E-state index contributed by atoms with van der Waals surface area (Å²) in [5.41, 5.74) is 0. The zero-order valence-corrected chi connectivity index (χ0v) is 32.6. The quantitative estimate of drug-likeness (QED) is 0.0384. The minimum atomic E-state index is -0.957. The number of amides is 1. The van der Waals surface area contributed by atoms with Crippen LogP contribution in [0.3, 0.4) is 0 Å². The molecule has 4 N–H and O–H groups in total. The Bertz CT molecular complexity index is 764. The third-order valence-electron chi connectivity index (χ3n) is 9.65. The molecule has 0 aliphatic rings. The van der Waals surface area contributed by atoms with E-state index in [0.717, 1.165) is 38.5 Å². The molecule has 5 nitrogen and oxygen atoms in total. The van der Waals surface area contributed by atoms with Crippen LogP contribution in [0.1, 0.15) is 213 Å². The monoisotopic (exact) mass is 690 g/mol. The average molecular weight is 690 g/mol. The minimum Gasteiger partial charge on any atom is -0.394 e. The third-order valence-corrected chi connectivity index (χ3v) is 9.65. The molecule has 1 amide bonds. The lowest BCUT2D eigenvalue weighted by Gasteiger charge is -2.20. The molecule has 0 aromatic rings. The number of carbonyl (C=O) groups is 1. The first-order valence-electron chi connectivity index (χ1n) is 21.3. The number of hydrogen-bond donors (Lipinski definition) is 4. The molecule has 0 radical (unpaired) electrons. The predicted molar refractivity (Wildman–Crippen MR) is 213 cm³/mol. The van der Waals surface area contributed by atoms with E-state index in [4.69, 9.17) is 0 Å². The van der Waals surface area contributed by atoms with Crippen LogP contribution >= 0.6 is 0 Å². The lowest BCUT2D eigenvalue weighted by atomic mass is 10.0. The van der Waals surface area contributed by atoms with Crippen molar-refractivity contribution in [2.45, 2.75) is 231 Å². The molecule has 0 spiro atoms. The van der Waals surface area contributed by atoms with Gasteiger partial charge in [-0.3, -0.25) is 4.79 Å². The lowest BCUT2D eigenvalue weighted by molar-refractivity contribution is -0.124. The van der Waals surface area contributed by atoms with Crippen LogP contribution in [-0.4, -0.2) is 46.1 Å². The molecule has 5 heteroatoms. The van der Waals surface area contributed by atoms with Gasteiger partial charge in [0.1, 0.15) is 0 Å². The SMILES string of the molecule is CCCCCCCC/C=C\CCCC(O)CC(=O)NC(CO)C(O)/C=C/CC/C=C/CCCCCCCCCCCCCCCCCCC. The van der Waals surface area contributed by atoms with Crippen LogP contribution < -0.4 is 5.32 Å². The maximum Gasteiger partial charge on any atom is 0.222 e. The summed E-state index contributed by atoms with van der Waals surface area (Å²) in [6, 6.07) is -0.767. The summed E-state index contributed by atoms with van der Waals surface area (Å²) >= 11 is 0. The summed E-state index contributed by atoms with van der Waals surface area (Å²) in [5, 5.41) is 33.1. The van der Waals surface area contributed by atoms with E-state index in [1.165, 1.54) is 148 Å². The van der Waals surface area contributed by atoms with E-state index in [-0.39, 0.29) is 18.9 Å². The summed E-state index contributed by atoms with van der Waals surface area (Å²) in [7, 11) is 0. The van der Waals surface area contributed by atoms with E-state index in [1.807, 2.05) is 6.08 Å². The highest BCUT2D eigenvalue weighted by Crippen LogP contribution is 2.15. The van der Waals surface area contributed by atoms with Crippen molar-refractivity contribution < 1.29 is 20.1 Å². The average Bonchev–Trinajstić information content (AvgIpc) is 3.09. The summed E-state index contributed by atoms with van der Waals surface area (Å²) in [6.45, 7) is 4.17. The smallest absolute Gasteiger partial charge is 0.222 e. The molecule has 3 unspecified atom stereocenters. The molecule has 0 rings (SSSR count). The second-order valence-corrected chi connectivity index (χ2v) is 14.6. The zero-order chi connectivity index (χ0) is 35.9. The van der Waals surface area contributed by atoms with Crippen molar-refractivity contribution in [1.82, 2.24) is 5.32 Å². The van der Waals surface area contributed by atoms with Gasteiger partial charge in [-0.1, -0.05) is 185 Å². The number of unbranched alkanes of at least 4 members (excludes halogenated alkanes) is 25. The molecule has 0 heterocycles. The van der Waals surface area contributed by atoms with E-state index in [1.54, 1.807) is 6.08 Å². The highest BCUT2D eigenvalue weighted by atomic mass is 16.3. The first-order valence-corrected chi connectivity index (χ1v) is 21.3. The van der Waals surface area contributed by atoms with Crippen molar-refractivity contribution in [2.75, 3.05) is 6.61 Å². The van der Waals surface area contributed by atoms with Crippen molar-refractivity contribution in [1.29, 1.82) is 0 Å². The van der Waals surface area contributed by atoms with Gasteiger partial charge in [0.15, 0.2) is 0 Å². The van der Waals surface area contributed by atoms with Crippen molar-refractivity contribution in [3.8, 4) is 0 Å². The highest BCUT2D eigenvalue weighted by Gasteiger charge is 2.20. The van der Waals surface area contributed by atoms with Gasteiger partial charge in [-0.2, -0.15) is 0 Å². The second kappa shape index (κ2) is 39.4. The Morgan fingerprint density at radius 3 is 1.31 bits per heavy atom. The summed E-state index contributed by atoms with van der Waals surface area (Å²) in [6.07, 6.45) is 48.7. The Balaban J connectivity index is 3.71. The normalized spacial score (nSPS) is 14.0. The van der Waals surface area contributed by atoms with Gasteiger partial charge in [-0.05, 0) is 57.8 Å². The minimum absolute atomic E-state index is 0.0152. The zero-order valence-electron chi connectivity index (χ0n) is 32.6. The number of hydrogen-bond acceptors (Lipinski definition) is 4. The Kier molecular flexibility index (Phi) is 38.2. The first-order chi connectivity index (χ1) is 24.0. The number of carbonyl (C=O) groups excluding carboxylic acids is 1. The van der Waals surface area contributed by atoms with Gasteiger partial charge in [0.25, 0.3) is 0 Å². The Morgan fingerprint density at radius 2 is 0.878 bits per heavy atom. The largest absolute Gasteiger partial charge is 0.394 e. The van der Waals surface area contributed by atoms with E-state index >= 15 is 0 Å².